The Morgan fingerprint density at radius 2 is 1.28 bits per heavy atom. The maximum atomic E-state index is 12.1. The van der Waals surface area contributed by atoms with Gasteiger partial charge in [0.2, 0.25) is 0 Å². The highest BCUT2D eigenvalue weighted by molar-refractivity contribution is 5.79. The lowest BCUT2D eigenvalue weighted by molar-refractivity contribution is -0.275. The molecule has 2 heterocycles. The van der Waals surface area contributed by atoms with Crippen LogP contribution in [0.15, 0.2) is 48.5 Å². The van der Waals surface area contributed by atoms with E-state index in [2.05, 4.69) is 14.8 Å². The first-order chi connectivity index (χ1) is 18.4. The fourth-order valence-electron chi connectivity index (χ4n) is 3.49. The first-order valence-electron chi connectivity index (χ1n) is 12.2. The van der Waals surface area contributed by atoms with Gasteiger partial charge in [-0.25, -0.2) is 0 Å². The Kier molecular flexibility index (Phi) is 13.5. The minimum Gasteiger partial charge on any atom is -0.406 e. The summed E-state index contributed by atoms with van der Waals surface area (Å²) in [7, 11) is 0. The Hall–Kier alpha value is -2.87. The lowest BCUT2D eigenvalue weighted by Gasteiger charge is -2.23. The van der Waals surface area contributed by atoms with Gasteiger partial charge in [0.1, 0.15) is 17.3 Å². The van der Waals surface area contributed by atoms with E-state index >= 15 is 0 Å². The number of hydrogen-bond acceptors (Lipinski definition) is 7. The van der Waals surface area contributed by atoms with Crippen molar-refractivity contribution >= 4 is 5.78 Å². The number of ketones is 1. The van der Waals surface area contributed by atoms with Crippen molar-refractivity contribution in [2.24, 2.45) is 5.73 Å². The van der Waals surface area contributed by atoms with E-state index in [4.69, 9.17) is 15.2 Å². The second kappa shape index (κ2) is 16.3. The zero-order valence-corrected chi connectivity index (χ0v) is 21.2. The van der Waals surface area contributed by atoms with Crippen LogP contribution in [0, 0.1) is 0 Å². The number of Topliss-reactive ketones (excluding diaryl/α,β-unsaturated/α-hetero) is 1. The van der Waals surface area contributed by atoms with Crippen LogP contribution in [0.1, 0.15) is 36.8 Å². The minimum absolute atomic E-state index is 0.182. The van der Waals surface area contributed by atoms with E-state index in [0.717, 1.165) is 31.6 Å². The quantitative estimate of drug-likeness (QED) is 0.461. The molecule has 3 N–H and O–H groups in total. The van der Waals surface area contributed by atoms with Crippen molar-refractivity contribution in [3.63, 3.8) is 0 Å². The smallest absolute Gasteiger partial charge is 0.406 e. The Morgan fingerprint density at radius 1 is 0.795 bits per heavy atom. The van der Waals surface area contributed by atoms with Crippen molar-refractivity contribution in [1.82, 2.24) is 5.32 Å². The number of alkyl halides is 6. The standard InChI is InChI=1S/C13H16F3NO2.C8H8F3NO.C5H8O2/c14-13(15,16)19-12-3-1-2-10(8-12)9-17-11-4-6-18-7-5-11;9-8(10,11)13-7-3-1-2-6(4-7)5-12;6-5-1-3-7-4-2-5/h1-3,8,11,17H,4-7,9H2;1-4H,5,12H2;1-4H2. The first-order valence-corrected chi connectivity index (χ1v) is 12.2. The van der Waals surface area contributed by atoms with Gasteiger partial charge < -0.3 is 30.0 Å². The third-order valence-electron chi connectivity index (χ3n) is 5.37. The summed E-state index contributed by atoms with van der Waals surface area (Å²) in [4.78, 5) is 10.4. The third-order valence-corrected chi connectivity index (χ3v) is 5.37. The maximum Gasteiger partial charge on any atom is 0.573 e. The van der Waals surface area contributed by atoms with E-state index in [1.165, 1.54) is 30.3 Å². The molecular weight excluding hydrogens is 534 g/mol. The molecule has 0 atom stereocenters. The molecule has 2 saturated heterocycles. The molecule has 4 rings (SSSR count). The van der Waals surface area contributed by atoms with E-state index in [9.17, 15) is 31.1 Å². The molecule has 0 unspecified atom stereocenters. The van der Waals surface area contributed by atoms with Crippen LogP contribution in [0.2, 0.25) is 0 Å². The van der Waals surface area contributed by atoms with E-state index in [-0.39, 0.29) is 18.0 Å². The van der Waals surface area contributed by atoms with Crippen LogP contribution in [0.5, 0.6) is 11.5 Å². The molecule has 0 spiro atoms. The molecule has 39 heavy (non-hydrogen) atoms. The molecule has 2 aliphatic rings. The van der Waals surface area contributed by atoms with Gasteiger partial charge in [0.15, 0.2) is 0 Å². The highest BCUT2D eigenvalue weighted by Crippen LogP contribution is 2.24. The van der Waals surface area contributed by atoms with Crippen LogP contribution < -0.4 is 20.5 Å². The summed E-state index contributed by atoms with van der Waals surface area (Å²) in [5, 5.41) is 3.31. The van der Waals surface area contributed by atoms with Crippen LogP contribution >= 0.6 is 0 Å². The predicted molar refractivity (Wildman–Crippen MR) is 130 cm³/mol. The monoisotopic (exact) mass is 566 g/mol. The van der Waals surface area contributed by atoms with Gasteiger partial charge in [0.05, 0.1) is 13.2 Å². The molecule has 0 radical (unpaired) electrons. The summed E-state index contributed by atoms with van der Waals surface area (Å²) in [6.45, 7) is 3.45. The predicted octanol–water partition coefficient (Wildman–Crippen LogP) is 5.26. The number of nitrogens with one attached hydrogen (secondary N) is 1. The largest absolute Gasteiger partial charge is 0.573 e. The molecule has 2 aromatic carbocycles. The molecule has 2 aromatic rings. The summed E-state index contributed by atoms with van der Waals surface area (Å²) in [5.41, 5.74) is 6.62. The van der Waals surface area contributed by atoms with E-state index in [1.54, 1.807) is 18.2 Å². The van der Waals surface area contributed by atoms with Crippen molar-refractivity contribution in [1.29, 1.82) is 0 Å². The number of hydrogen-bond donors (Lipinski definition) is 2. The van der Waals surface area contributed by atoms with Gasteiger partial charge in [-0.15, -0.1) is 26.3 Å². The van der Waals surface area contributed by atoms with Gasteiger partial charge in [0.25, 0.3) is 0 Å². The molecule has 0 aromatic heterocycles. The van der Waals surface area contributed by atoms with Crippen molar-refractivity contribution in [3.8, 4) is 11.5 Å². The van der Waals surface area contributed by atoms with Crippen LogP contribution in [-0.4, -0.2) is 51.0 Å². The molecule has 7 nitrogen and oxygen atoms in total. The Labute approximate surface area is 222 Å². The number of rotatable bonds is 6. The highest BCUT2D eigenvalue weighted by atomic mass is 19.4. The average molecular weight is 567 g/mol. The summed E-state index contributed by atoms with van der Waals surface area (Å²) < 4.78 is 89.2. The molecule has 0 bridgehead atoms. The Morgan fingerprint density at radius 3 is 1.74 bits per heavy atom. The van der Waals surface area contributed by atoms with Crippen molar-refractivity contribution in [2.45, 2.75) is 57.5 Å². The molecule has 0 amide bonds. The Balaban J connectivity index is 0.000000229. The molecule has 13 heteroatoms. The lowest BCUT2D eigenvalue weighted by atomic mass is 10.1. The fourth-order valence-corrected chi connectivity index (χ4v) is 3.49. The Bertz CT molecular complexity index is 989. The highest BCUT2D eigenvalue weighted by Gasteiger charge is 2.31. The summed E-state index contributed by atoms with van der Waals surface area (Å²) in [6.07, 6.45) is -6.18. The lowest BCUT2D eigenvalue weighted by Crippen LogP contribution is -2.34. The number of carbonyl (C=O) groups excluding carboxylic acids is 1. The van der Waals surface area contributed by atoms with Crippen molar-refractivity contribution in [3.05, 3.63) is 59.7 Å². The molecule has 218 valence electrons. The van der Waals surface area contributed by atoms with E-state index in [0.29, 0.717) is 50.0 Å². The van der Waals surface area contributed by atoms with Gasteiger partial charge >= 0.3 is 12.7 Å². The van der Waals surface area contributed by atoms with Gasteiger partial charge in [0, 0.05) is 45.2 Å². The normalized spacial score (nSPS) is 16.3. The topological polar surface area (TPSA) is 92.0 Å². The molecule has 2 fully saturated rings. The SMILES string of the molecule is FC(F)(F)Oc1cccc(CNC2CCOCC2)c1.NCc1cccc(OC(F)(F)F)c1.O=C1CCOCC1. The van der Waals surface area contributed by atoms with E-state index < -0.39 is 12.7 Å². The average Bonchev–Trinajstić information content (AvgIpc) is 2.88. The van der Waals surface area contributed by atoms with Crippen LogP contribution in [-0.2, 0) is 27.4 Å². The second-order valence-electron chi connectivity index (χ2n) is 8.51. The zero-order valence-electron chi connectivity index (χ0n) is 21.2. The number of ether oxygens (including phenoxy) is 4. The van der Waals surface area contributed by atoms with Crippen LogP contribution in [0.4, 0.5) is 26.3 Å². The number of nitrogens with two attached hydrogens (primary N) is 1. The third kappa shape index (κ3) is 15.3. The number of carbonyl (C=O) groups is 1. The molecule has 2 aliphatic heterocycles. The zero-order chi connectivity index (χ0) is 28.7. The molecule has 0 aliphatic carbocycles. The molecule has 0 saturated carbocycles. The van der Waals surface area contributed by atoms with Crippen LogP contribution in [0.3, 0.4) is 0 Å². The van der Waals surface area contributed by atoms with E-state index in [1.807, 2.05) is 0 Å². The maximum absolute atomic E-state index is 12.1. The van der Waals surface area contributed by atoms with Gasteiger partial charge in [-0.05, 0) is 48.2 Å². The van der Waals surface area contributed by atoms with Gasteiger partial charge in [-0.3, -0.25) is 4.79 Å². The molecular formula is C26H32F6N2O5. The van der Waals surface area contributed by atoms with Crippen molar-refractivity contribution in [2.75, 3.05) is 26.4 Å². The number of halogens is 6. The second-order valence-corrected chi connectivity index (χ2v) is 8.51. The van der Waals surface area contributed by atoms with Gasteiger partial charge in [-0.2, -0.15) is 0 Å². The minimum atomic E-state index is -4.65. The summed E-state index contributed by atoms with van der Waals surface area (Å²) >= 11 is 0. The summed E-state index contributed by atoms with van der Waals surface area (Å²) in [6, 6.07) is 12.0. The fraction of sp³-hybridized carbons (Fsp3) is 0.500. The van der Waals surface area contributed by atoms with Crippen molar-refractivity contribution < 1.29 is 50.1 Å². The van der Waals surface area contributed by atoms with Crippen LogP contribution in [0.25, 0.3) is 0 Å². The van der Waals surface area contributed by atoms with Gasteiger partial charge in [-0.1, -0.05) is 24.3 Å². The first kappa shape index (κ1) is 32.3. The number of benzene rings is 2. The summed E-state index contributed by atoms with van der Waals surface area (Å²) in [5.74, 6) is -0.0829.